The smallest absolute Gasteiger partial charge is 0.429 e. The van der Waals surface area contributed by atoms with Crippen LogP contribution in [0.1, 0.15) is 5.69 Å². The average molecular weight is 384 g/mol. The van der Waals surface area contributed by atoms with Crippen molar-refractivity contribution in [1.82, 2.24) is 9.97 Å². The SMILES string of the molecule is COc1ccc(C(O)(C[N+](=O)[O-])C(F)(F)F)nc1-c1cnc(Cl)s1. The van der Waals surface area contributed by atoms with Crippen LogP contribution in [0.4, 0.5) is 13.2 Å². The van der Waals surface area contributed by atoms with Gasteiger partial charge in [-0.15, -0.1) is 11.3 Å². The summed E-state index contributed by atoms with van der Waals surface area (Å²) in [4.78, 5) is 17.1. The Morgan fingerprint density at radius 3 is 2.58 bits per heavy atom. The van der Waals surface area contributed by atoms with Crippen LogP contribution in [0, 0.1) is 10.1 Å². The van der Waals surface area contributed by atoms with E-state index in [1.165, 1.54) is 13.3 Å². The molecule has 0 saturated heterocycles. The monoisotopic (exact) mass is 383 g/mol. The number of rotatable bonds is 5. The number of methoxy groups -OCH3 is 1. The quantitative estimate of drug-likeness (QED) is 0.629. The number of halogens is 4. The fourth-order valence-electron chi connectivity index (χ4n) is 1.88. The number of pyridine rings is 1. The van der Waals surface area contributed by atoms with Gasteiger partial charge in [0.1, 0.15) is 11.4 Å². The Hall–Kier alpha value is -1.98. The minimum atomic E-state index is -5.30. The van der Waals surface area contributed by atoms with Crippen molar-refractivity contribution < 1.29 is 27.9 Å². The van der Waals surface area contributed by atoms with Crippen LogP contribution in [-0.4, -0.2) is 39.8 Å². The standard InChI is InChI=1S/C12H9ClF3N3O4S/c1-23-6-2-3-8(11(20,5-19(21)22)12(14,15)16)18-9(6)7-4-17-10(13)24-7/h2-4,20H,5H2,1H3. The van der Waals surface area contributed by atoms with E-state index in [9.17, 15) is 28.4 Å². The van der Waals surface area contributed by atoms with Crippen LogP contribution in [0.2, 0.25) is 4.47 Å². The molecule has 1 atom stereocenters. The second-order valence-corrected chi connectivity index (χ2v) is 6.19. The normalized spacial score (nSPS) is 14.2. The van der Waals surface area contributed by atoms with E-state index in [-0.39, 0.29) is 20.8 Å². The first kappa shape index (κ1) is 18.4. The van der Waals surface area contributed by atoms with E-state index in [1.54, 1.807) is 0 Å². The molecule has 0 radical (unpaired) electrons. The highest BCUT2D eigenvalue weighted by Gasteiger charge is 2.60. The van der Waals surface area contributed by atoms with Crippen LogP contribution < -0.4 is 4.74 Å². The summed E-state index contributed by atoms with van der Waals surface area (Å²) < 4.78 is 44.8. The predicted molar refractivity (Wildman–Crippen MR) is 78.7 cm³/mol. The van der Waals surface area contributed by atoms with Gasteiger partial charge in [-0.25, -0.2) is 9.97 Å². The maximum atomic E-state index is 13.2. The summed E-state index contributed by atoms with van der Waals surface area (Å²) in [6, 6.07) is 1.95. The summed E-state index contributed by atoms with van der Waals surface area (Å²) in [7, 11) is 1.27. The molecule has 0 fully saturated rings. The molecule has 24 heavy (non-hydrogen) atoms. The Balaban J connectivity index is 2.63. The third-order valence-corrected chi connectivity index (χ3v) is 4.16. The van der Waals surface area contributed by atoms with E-state index in [0.29, 0.717) is 0 Å². The first-order valence-corrected chi connectivity index (χ1v) is 7.36. The Morgan fingerprint density at radius 2 is 2.12 bits per heavy atom. The Bertz CT molecular complexity index is 770. The van der Waals surface area contributed by atoms with Crippen LogP contribution in [0.3, 0.4) is 0 Å². The zero-order chi connectivity index (χ0) is 18.1. The number of ether oxygens (including phenoxy) is 1. The van der Waals surface area contributed by atoms with Gasteiger partial charge in [-0.3, -0.25) is 10.1 Å². The summed E-state index contributed by atoms with van der Waals surface area (Å²) >= 11 is 6.62. The topological polar surface area (TPSA) is 98.4 Å². The van der Waals surface area contributed by atoms with Crippen LogP contribution in [-0.2, 0) is 5.60 Å². The number of hydrogen-bond acceptors (Lipinski definition) is 7. The number of aliphatic hydroxyl groups is 1. The number of nitro groups is 1. The van der Waals surface area contributed by atoms with Gasteiger partial charge in [-0.2, -0.15) is 13.2 Å². The van der Waals surface area contributed by atoms with E-state index in [4.69, 9.17) is 16.3 Å². The molecule has 2 aromatic rings. The summed E-state index contributed by atoms with van der Waals surface area (Å²) in [6.07, 6.45) is -4.04. The second-order valence-electron chi connectivity index (χ2n) is 4.57. The van der Waals surface area contributed by atoms with E-state index in [2.05, 4.69) is 9.97 Å². The van der Waals surface area contributed by atoms with Gasteiger partial charge in [-0.1, -0.05) is 11.6 Å². The molecule has 130 valence electrons. The van der Waals surface area contributed by atoms with Gasteiger partial charge in [-0.05, 0) is 12.1 Å². The van der Waals surface area contributed by atoms with Gasteiger partial charge in [0.05, 0.1) is 17.7 Å². The third kappa shape index (κ3) is 3.42. The number of alkyl halides is 3. The summed E-state index contributed by atoms with van der Waals surface area (Å²) in [5, 5.41) is 20.5. The molecule has 0 aliphatic heterocycles. The highest BCUT2D eigenvalue weighted by Crippen LogP contribution is 2.41. The maximum absolute atomic E-state index is 13.2. The van der Waals surface area contributed by atoms with Crippen LogP contribution in [0.15, 0.2) is 18.3 Å². The number of hydrogen-bond donors (Lipinski definition) is 1. The first-order valence-electron chi connectivity index (χ1n) is 6.16. The molecule has 0 amide bonds. The fraction of sp³-hybridized carbons (Fsp3) is 0.333. The lowest BCUT2D eigenvalue weighted by molar-refractivity contribution is -0.519. The van der Waals surface area contributed by atoms with E-state index >= 15 is 0 Å². The summed E-state index contributed by atoms with van der Waals surface area (Å²) in [5.41, 5.74) is -4.73. The molecule has 0 aliphatic carbocycles. The molecular weight excluding hydrogens is 375 g/mol. The van der Waals surface area contributed by atoms with Crippen molar-refractivity contribution in [2.75, 3.05) is 13.7 Å². The van der Waals surface area contributed by atoms with Crippen molar-refractivity contribution >= 4 is 22.9 Å². The average Bonchev–Trinajstić information content (AvgIpc) is 2.91. The first-order chi connectivity index (χ1) is 11.1. The Labute approximate surface area is 141 Å². The van der Waals surface area contributed by atoms with Gasteiger partial charge < -0.3 is 9.84 Å². The van der Waals surface area contributed by atoms with Crippen LogP contribution in [0.5, 0.6) is 5.75 Å². The molecule has 2 rings (SSSR count). The largest absolute Gasteiger partial charge is 0.494 e. The van der Waals surface area contributed by atoms with E-state index in [0.717, 1.165) is 23.5 Å². The van der Waals surface area contributed by atoms with E-state index < -0.39 is 28.9 Å². The van der Waals surface area contributed by atoms with Crippen molar-refractivity contribution in [3.8, 4) is 16.3 Å². The van der Waals surface area contributed by atoms with Crippen molar-refractivity contribution in [2.45, 2.75) is 11.8 Å². The molecule has 1 N–H and O–H groups in total. The molecule has 0 spiro atoms. The molecule has 0 saturated carbocycles. The lowest BCUT2D eigenvalue weighted by Crippen LogP contribution is -2.48. The van der Waals surface area contributed by atoms with Gasteiger partial charge in [0, 0.05) is 11.1 Å². The Morgan fingerprint density at radius 1 is 1.46 bits per heavy atom. The van der Waals surface area contributed by atoms with Gasteiger partial charge in [0.2, 0.25) is 6.54 Å². The summed E-state index contributed by atoms with van der Waals surface area (Å²) in [5.74, 6) is 0.102. The van der Waals surface area contributed by atoms with Crippen molar-refractivity contribution in [2.24, 2.45) is 0 Å². The second kappa shape index (κ2) is 6.49. The molecule has 7 nitrogen and oxygen atoms in total. The lowest BCUT2D eigenvalue weighted by atomic mass is 9.97. The predicted octanol–water partition coefficient (Wildman–Crippen LogP) is 2.89. The van der Waals surface area contributed by atoms with Crippen molar-refractivity contribution in [3.63, 3.8) is 0 Å². The van der Waals surface area contributed by atoms with Crippen molar-refractivity contribution in [3.05, 3.63) is 38.6 Å². The van der Waals surface area contributed by atoms with Gasteiger partial charge in [0.25, 0.3) is 5.60 Å². The highest BCUT2D eigenvalue weighted by atomic mass is 35.5. The molecular formula is C12H9ClF3N3O4S. The molecule has 1 unspecified atom stereocenters. The molecule has 0 aliphatic rings. The maximum Gasteiger partial charge on any atom is 0.429 e. The number of nitrogens with zero attached hydrogens (tertiary/aromatic N) is 3. The number of thiazole rings is 1. The van der Waals surface area contributed by atoms with Crippen LogP contribution in [0.25, 0.3) is 10.6 Å². The van der Waals surface area contributed by atoms with E-state index in [1.807, 2.05) is 0 Å². The fourth-order valence-corrected chi connectivity index (χ4v) is 2.82. The minimum absolute atomic E-state index is 0.0644. The molecule has 0 aromatic carbocycles. The highest BCUT2D eigenvalue weighted by molar-refractivity contribution is 7.18. The molecule has 0 bridgehead atoms. The number of aromatic nitrogens is 2. The zero-order valence-electron chi connectivity index (χ0n) is 11.9. The molecule has 2 aromatic heterocycles. The zero-order valence-corrected chi connectivity index (χ0v) is 13.4. The third-order valence-electron chi connectivity index (χ3n) is 3.04. The minimum Gasteiger partial charge on any atom is -0.494 e. The van der Waals surface area contributed by atoms with Gasteiger partial charge in [0.15, 0.2) is 4.47 Å². The lowest BCUT2D eigenvalue weighted by Gasteiger charge is -2.26. The summed E-state index contributed by atoms with van der Waals surface area (Å²) in [6.45, 7) is -1.78. The van der Waals surface area contributed by atoms with Crippen LogP contribution >= 0.6 is 22.9 Å². The Kier molecular flexibility index (Phi) is 4.97. The molecule has 12 heteroatoms. The van der Waals surface area contributed by atoms with Crippen molar-refractivity contribution in [1.29, 1.82) is 0 Å². The van der Waals surface area contributed by atoms with Gasteiger partial charge >= 0.3 is 6.18 Å². The molecule has 2 heterocycles.